The third kappa shape index (κ3) is 2.52. The lowest BCUT2D eigenvalue weighted by molar-refractivity contribution is 0.106. The monoisotopic (exact) mass is 188 g/mol. The molecule has 0 unspecified atom stereocenters. The second-order valence-corrected chi connectivity index (χ2v) is 3.25. The van der Waals surface area contributed by atoms with Crippen LogP contribution in [0.5, 0.6) is 0 Å². The van der Waals surface area contributed by atoms with Crippen LogP contribution in [-0.2, 0) is 0 Å². The van der Waals surface area contributed by atoms with E-state index in [-0.39, 0.29) is 11.5 Å². The number of benzene rings is 1. The molecule has 0 saturated heterocycles. The Bertz CT molecular complexity index is 338. The summed E-state index contributed by atoms with van der Waals surface area (Å²) in [5, 5.41) is 7.52. The van der Waals surface area contributed by atoms with E-state index in [0.717, 1.165) is 12.0 Å². The first-order valence-corrected chi connectivity index (χ1v) is 4.69. The molecule has 0 aliphatic rings. The topological polar surface area (TPSA) is 40.9 Å². The van der Waals surface area contributed by atoms with Gasteiger partial charge in [-0.1, -0.05) is 37.6 Å². The van der Waals surface area contributed by atoms with Crippen LogP contribution in [0.1, 0.15) is 35.7 Å². The number of carbonyl (C=O) groups is 1. The molecule has 0 amide bonds. The van der Waals surface area contributed by atoms with Gasteiger partial charge in [0.15, 0.2) is 0 Å². The second-order valence-electron chi connectivity index (χ2n) is 3.25. The highest BCUT2D eigenvalue weighted by atomic mass is 16.1. The fourth-order valence-electron chi connectivity index (χ4n) is 1.19. The molecule has 1 aromatic rings. The van der Waals surface area contributed by atoms with Crippen molar-refractivity contribution in [2.45, 2.75) is 19.8 Å². The van der Waals surface area contributed by atoms with Crippen LogP contribution in [0, 0.1) is 12.3 Å². The van der Waals surface area contributed by atoms with Gasteiger partial charge in [-0.05, 0) is 18.9 Å². The minimum atomic E-state index is -0.174. The van der Waals surface area contributed by atoms with Gasteiger partial charge in [-0.2, -0.15) is 0 Å². The van der Waals surface area contributed by atoms with Crippen molar-refractivity contribution in [2.75, 3.05) is 0 Å². The summed E-state index contributed by atoms with van der Waals surface area (Å²) >= 11 is 0. The third-order valence-electron chi connectivity index (χ3n) is 1.99. The summed E-state index contributed by atoms with van der Waals surface area (Å²) in [5.41, 5.74) is 1.64. The van der Waals surface area contributed by atoms with E-state index in [2.05, 4.69) is 6.92 Å². The lowest BCUT2D eigenvalue weighted by Crippen LogP contribution is -2.12. The van der Waals surface area contributed by atoms with E-state index in [4.69, 9.17) is 5.41 Å². The van der Waals surface area contributed by atoms with E-state index < -0.39 is 0 Å². The van der Waals surface area contributed by atoms with Crippen molar-refractivity contribution in [1.82, 2.24) is 0 Å². The lowest BCUT2D eigenvalue weighted by Gasteiger charge is -2.01. The van der Waals surface area contributed by atoms with Gasteiger partial charge in [-0.3, -0.25) is 4.79 Å². The van der Waals surface area contributed by atoms with Gasteiger partial charge in [0.25, 0.3) is 0 Å². The summed E-state index contributed by atoms with van der Waals surface area (Å²) in [6.45, 7) is 5.70. The Hall–Kier alpha value is -1.44. The minimum absolute atomic E-state index is 0.174. The summed E-state index contributed by atoms with van der Waals surface area (Å²) in [6.07, 6.45) is 1.38. The van der Waals surface area contributed by atoms with E-state index >= 15 is 0 Å². The van der Waals surface area contributed by atoms with Crippen molar-refractivity contribution in [2.24, 2.45) is 0 Å². The van der Waals surface area contributed by atoms with Crippen LogP contribution in [-0.4, -0.2) is 11.5 Å². The van der Waals surface area contributed by atoms with E-state index in [1.807, 2.05) is 6.92 Å². The molecule has 0 aliphatic carbocycles. The van der Waals surface area contributed by atoms with Gasteiger partial charge < -0.3 is 5.41 Å². The van der Waals surface area contributed by atoms with Gasteiger partial charge in [0.2, 0.25) is 5.78 Å². The molecular weight excluding hydrogens is 174 g/mol. The zero-order valence-corrected chi connectivity index (χ0v) is 8.34. The SMILES string of the molecule is [CH2]c1ccc(C(=O)C(=N)CCC)cc1. The summed E-state index contributed by atoms with van der Waals surface area (Å²) < 4.78 is 0. The largest absolute Gasteiger partial charge is 0.301 e. The van der Waals surface area contributed by atoms with Gasteiger partial charge in [0, 0.05) is 5.56 Å². The molecule has 0 fully saturated rings. The molecule has 0 aromatic heterocycles. The molecule has 1 aromatic carbocycles. The molecule has 0 bridgehead atoms. The highest BCUT2D eigenvalue weighted by Gasteiger charge is 2.10. The fourth-order valence-corrected chi connectivity index (χ4v) is 1.19. The van der Waals surface area contributed by atoms with E-state index in [0.29, 0.717) is 12.0 Å². The molecule has 0 heterocycles. The average molecular weight is 188 g/mol. The van der Waals surface area contributed by atoms with Gasteiger partial charge in [-0.25, -0.2) is 0 Å². The van der Waals surface area contributed by atoms with Crippen molar-refractivity contribution in [3.63, 3.8) is 0 Å². The van der Waals surface area contributed by atoms with Crippen LogP contribution in [0.25, 0.3) is 0 Å². The molecular formula is C12H14NO. The predicted octanol–water partition coefficient (Wildman–Crippen LogP) is 2.87. The summed E-state index contributed by atoms with van der Waals surface area (Å²) in [6, 6.07) is 7.00. The molecule has 0 spiro atoms. The number of ketones is 1. The molecule has 0 saturated carbocycles. The zero-order valence-electron chi connectivity index (χ0n) is 8.34. The number of hydrogen-bond acceptors (Lipinski definition) is 2. The zero-order chi connectivity index (χ0) is 10.6. The number of hydrogen-bond donors (Lipinski definition) is 1. The van der Waals surface area contributed by atoms with Crippen LogP contribution < -0.4 is 0 Å². The van der Waals surface area contributed by atoms with E-state index in [9.17, 15) is 4.79 Å². The molecule has 73 valence electrons. The van der Waals surface area contributed by atoms with Crippen molar-refractivity contribution >= 4 is 11.5 Å². The van der Waals surface area contributed by atoms with Gasteiger partial charge in [-0.15, -0.1) is 0 Å². The van der Waals surface area contributed by atoms with Gasteiger partial charge in [0.1, 0.15) is 0 Å². The van der Waals surface area contributed by atoms with E-state index in [1.165, 1.54) is 0 Å². The third-order valence-corrected chi connectivity index (χ3v) is 1.99. The Morgan fingerprint density at radius 2 is 1.93 bits per heavy atom. The smallest absolute Gasteiger partial charge is 0.206 e. The molecule has 2 nitrogen and oxygen atoms in total. The van der Waals surface area contributed by atoms with Crippen molar-refractivity contribution < 1.29 is 4.79 Å². The Balaban J connectivity index is 2.79. The maximum atomic E-state index is 11.6. The van der Waals surface area contributed by atoms with Crippen molar-refractivity contribution in [3.05, 3.63) is 42.3 Å². The summed E-state index contributed by atoms with van der Waals surface area (Å²) in [4.78, 5) is 11.6. The summed E-state index contributed by atoms with van der Waals surface area (Å²) in [5.74, 6) is -0.174. The maximum Gasteiger partial charge on any atom is 0.206 e. The van der Waals surface area contributed by atoms with Crippen molar-refractivity contribution in [3.8, 4) is 0 Å². The minimum Gasteiger partial charge on any atom is -0.301 e. The molecule has 1 N–H and O–H groups in total. The Labute approximate surface area is 84.5 Å². The first kappa shape index (κ1) is 10.6. The predicted molar refractivity (Wildman–Crippen MR) is 57.9 cm³/mol. The first-order chi connectivity index (χ1) is 6.65. The fraction of sp³-hybridized carbons (Fsp3) is 0.250. The van der Waals surface area contributed by atoms with Crippen molar-refractivity contribution in [1.29, 1.82) is 5.41 Å². The maximum absolute atomic E-state index is 11.6. The second kappa shape index (κ2) is 4.70. The average Bonchev–Trinajstić information content (AvgIpc) is 2.18. The van der Waals surface area contributed by atoms with Crippen LogP contribution in [0.2, 0.25) is 0 Å². The first-order valence-electron chi connectivity index (χ1n) is 4.69. The molecule has 1 rings (SSSR count). The van der Waals surface area contributed by atoms with Crippen LogP contribution in [0.4, 0.5) is 0 Å². The molecule has 2 heteroatoms. The van der Waals surface area contributed by atoms with Crippen LogP contribution in [0.15, 0.2) is 24.3 Å². The highest BCUT2D eigenvalue weighted by Crippen LogP contribution is 2.06. The molecule has 0 atom stereocenters. The quantitative estimate of drug-likeness (QED) is 0.573. The molecule has 14 heavy (non-hydrogen) atoms. The normalized spacial score (nSPS) is 9.86. The van der Waals surface area contributed by atoms with Crippen LogP contribution in [0.3, 0.4) is 0 Å². The Kier molecular flexibility index (Phi) is 3.57. The lowest BCUT2D eigenvalue weighted by atomic mass is 10.0. The number of Topliss-reactive ketones (excluding diaryl/α,β-unsaturated/α-hetero) is 1. The molecule has 1 radical (unpaired) electrons. The number of carbonyl (C=O) groups excluding carboxylic acids is 1. The summed E-state index contributed by atoms with van der Waals surface area (Å²) in [7, 11) is 0. The molecule has 0 aliphatic heterocycles. The Morgan fingerprint density at radius 3 is 2.43 bits per heavy atom. The van der Waals surface area contributed by atoms with Gasteiger partial charge >= 0.3 is 0 Å². The van der Waals surface area contributed by atoms with Crippen LogP contribution >= 0.6 is 0 Å². The highest BCUT2D eigenvalue weighted by molar-refractivity contribution is 6.44. The van der Waals surface area contributed by atoms with Gasteiger partial charge in [0.05, 0.1) is 5.71 Å². The Morgan fingerprint density at radius 1 is 1.36 bits per heavy atom. The standard InChI is InChI=1S/C12H14NO/c1-3-4-11(13)12(14)10-7-5-9(2)6-8-10/h5-8,13H,2-4H2,1H3. The van der Waals surface area contributed by atoms with E-state index in [1.54, 1.807) is 24.3 Å². The number of nitrogens with one attached hydrogen (secondary N) is 1. The number of rotatable bonds is 4.